The molecule has 18 heavy (non-hydrogen) atoms. The molecule has 0 atom stereocenters. The molecule has 0 bridgehead atoms. The van der Waals surface area contributed by atoms with E-state index in [0.29, 0.717) is 17.1 Å². The Morgan fingerprint density at radius 1 is 1.28 bits per heavy atom. The Morgan fingerprint density at radius 2 is 2.06 bits per heavy atom. The Labute approximate surface area is 103 Å². The summed E-state index contributed by atoms with van der Waals surface area (Å²) in [5, 5.41) is 20.8. The highest BCUT2D eigenvalue weighted by molar-refractivity contribution is 5.95. The van der Waals surface area contributed by atoms with Crippen molar-refractivity contribution >= 4 is 17.5 Å². The van der Waals surface area contributed by atoms with Crippen LogP contribution in [0.3, 0.4) is 0 Å². The summed E-state index contributed by atoms with van der Waals surface area (Å²) >= 11 is 0. The number of aromatic nitrogens is 1. The molecule has 2 aromatic rings. The first-order chi connectivity index (χ1) is 8.72. The normalized spacial score (nSPS) is 9.50. The van der Waals surface area contributed by atoms with Crippen LogP contribution in [0.1, 0.15) is 15.9 Å². The number of nitrogens with one attached hydrogen (secondary N) is 1. The van der Waals surface area contributed by atoms with Crippen LogP contribution in [0.5, 0.6) is 0 Å². The van der Waals surface area contributed by atoms with Gasteiger partial charge in [0.25, 0.3) is 0 Å². The van der Waals surface area contributed by atoms with E-state index >= 15 is 0 Å². The Hall–Kier alpha value is -2.87. The van der Waals surface area contributed by atoms with Gasteiger partial charge in [-0.25, -0.2) is 9.78 Å². The van der Waals surface area contributed by atoms with Crippen molar-refractivity contribution in [2.45, 2.75) is 0 Å². The van der Waals surface area contributed by atoms with E-state index in [9.17, 15) is 4.79 Å². The highest BCUT2D eigenvalue weighted by Gasteiger charge is 2.10. The summed E-state index contributed by atoms with van der Waals surface area (Å²) in [4.78, 5) is 15.1. The molecular formula is C13H9N3O2. The monoisotopic (exact) mass is 239 g/mol. The average molecular weight is 239 g/mol. The van der Waals surface area contributed by atoms with Gasteiger partial charge in [-0.15, -0.1) is 0 Å². The molecule has 5 heteroatoms. The molecule has 0 fully saturated rings. The van der Waals surface area contributed by atoms with Gasteiger partial charge >= 0.3 is 5.97 Å². The number of para-hydroxylation sites is 1. The topological polar surface area (TPSA) is 86.0 Å². The fourth-order valence-corrected chi connectivity index (χ4v) is 1.50. The van der Waals surface area contributed by atoms with Gasteiger partial charge in [0.15, 0.2) is 0 Å². The summed E-state index contributed by atoms with van der Waals surface area (Å²) < 4.78 is 0. The standard InChI is InChI=1S/C13H9N3O2/c14-8-9-4-3-7-15-12(9)16-11-6-2-1-5-10(11)13(17)18/h1-7H,(H,15,16)(H,17,18). The maximum absolute atomic E-state index is 11.0. The number of carbonyl (C=O) groups is 1. The van der Waals surface area contributed by atoms with Crippen LogP contribution in [0.15, 0.2) is 42.6 Å². The fourth-order valence-electron chi connectivity index (χ4n) is 1.50. The minimum atomic E-state index is -1.03. The summed E-state index contributed by atoms with van der Waals surface area (Å²) in [6.07, 6.45) is 1.53. The first-order valence-corrected chi connectivity index (χ1v) is 5.17. The Balaban J connectivity index is 2.41. The van der Waals surface area contributed by atoms with Crippen molar-refractivity contribution in [3.63, 3.8) is 0 Å². The van der Waals surface area contributed by atoms with E-state index in [1.54, 1.807) is 30.3 Å². The number of pyridine rings is 1. The zero-order chi connectivity index (χ0) is 13.0. The lowest BCUT2D eigenvalue weighted by molar-refractivity contribution is 0.0698. The third-order valence-corrected chi connectivity index (χ3v) is 2.34. The number of hydrogen-bond donors (Lipinski definition) is 2. The third-order valence-electron chi connectivity index (χ3n) is 2.34. The number of rotatable bonds is 3. The molecule has 1 aromatic carbocycles. The van der Waals surface area contributed by atoms with Crippen LogP contribution in [-0.2, 0) is 0 Å². The molecule has 1 aromatic heterocycles. The quantitative estimate of drug-likeness (QED) is 0.858. The van der Waals surface area contributed by atoms with Gasteiger partial charge in [0.2, 0.25) is 0 Å². The lowest BCUT2D eigenvalue weighted by Gasteiger charge is -2.09. The summed E-state index contributed by atoms with van der Waals surface area (Å²) in [5.74, 6) is -0.693. The van der Waals surface area contributed by atoms with Crippen LogP contribution >= 0.6 is 0 Å². The van der Waals surface area contributed by atoms with Crippen molar-refractivity contribution in [1.29, 1.82) is 5.26 Å². The van der Waals surface area contributed by atoms with Crippen molar-refractivity contribution in [1.82, 2.24) is 4.98 Å². The van der Waals surface area contributed by atoms with Crippen molar-refractivity contribution in [2.75, 3.05) is 5.32 Å². The number of benzene rings is 1. The van der Waals surface area contributed by atoms with Crippen molar-refractivity contribution in [2.24, 2.45) is 0 Å². The van der Waals surface area contributed by atoms with Crippen LogP contribution in [-0.4, -0.2) is 16.1 Å². The lowest BCUT2D eigenvalue weighted by Crippen LogP contribution is -2.04. The van der Waals surface area contributed by atoms with Gasteiger partial charge in [-0.3, -0.25) is 0 Å². The van der Waals surface area contributed by atoms with Gasteiger partial charge in [0, 0.05) is 6.20 Å². The Morgan fingerprint density at radius 3 is 2.78 bits per heavy atom. The van der Waals surface area contributed by atoms with Crippen LogP contribution in [0.25, 0.3) is 0 Å². The predicted molar refractivity (Wildman–Crippen MR) is 65.6 cm³/mol. The predicted octanol–water partition coefficient (Wildman–Crippen LogP) is 2.40. The van der Waals surface area contributed by atoms with Gasteiger partial charge in [-0.05, 0) is 24.3 Å². The molecule has 1 heterocycles. The molecule has 0 amide bonds. The molecule has 5 nitrogen and oxygen atoms in total. The number of aromatic carboxylic acids is 1. The summed E-state index contributed by atoms with van der Waals surface area (Å²) in [7, 11) is 0. The molecule has 0 unspecified atom stereocenters. The maximum atomic E-state index is 11.0. The molecule has 0 aliphatic rings. The van der Waals surface area contributed by atoms with Gasteiger partial charge in [-0.2, -0.15) is 5.26 Å². The zero-order valence-corrected chi connectivity index (χ0v) is 9.29. The Kier molecular flexibility index (Phi) is 3.21. The van der Waals surface area contributed by atoms with Crippen LogP contribution in [0.2, 0.25) is 0 Å². The van der Waals surface area contributed by atoms with Gasteiger partial charge in [-0.1, -0.05) is 12.1 Å². The fraction of sp³-hybridized carbons (Fsp3) is 0. The average Bonchev–Trinajstić information content (AvgIpc) is 2.40. The number of carboxylic acid groups (broad SMARTS) is 1. The van der Waals surface area contributed by atoms with Crippen molar-refractivity contribution < 1.29 is 9.90 Å². The first-order valence-electron chi connectivity index (χ1n) is 5.17. The van der Waals surface area contributed by atoms with Crippen molar-refractivity contribution in [3.8, 4) is 6.07 Å². The minimum absolute atomic E-state index is 0.132. The highest BCUT2D eigenvalue weighted by Crippen LogP contribution is 2.21. The molecule has 2 N–H and O–H groups in total. The van der Waals surface area contributed by atoms with Gasteiger partial charge < -0.3 is 10.4 Å². The summed E-state index contributed by atoms with van der Waals surface area (Å²) in [5.41, 5.74) is 0.893. The number of nitrogens with zero attached hydrogens (tertiary/aromatic N) is 2. The molecule has 0 aliphatic heterocycles. The zero-order valence-electron chi connectivity index (χ0n) is 9.29. The minimum Gasteiger partial charge on any atom is -0.478 e. The smallest absolute Gasteiger partial charge is 0.337 e. The van der Waals surface area contributed by atoms with E-state index in [1.807, 2.05) is 6.07 Å². The van der Waals surface area contributed by atoms with Gasteiger partial charge in [0.05, 0.1) is 16.8 Å². The van der Waals surface area contributed by atoms with Crippen LogP contribution < -0.4 is 5.32 Å². The molecule has 0 spiro atoms. The van der Waals surface area contributed by atoms with E-state index in [2.05, 4.69) is 10.3 Å². The largest absolute Gasteiger partial charge is 0.478 e. The second-order valence-electron chi connectivity index (χ2n) is 3.49. The second kappa shape index (κ2) is 4.97. The number of anilines is 2. The highest BCUT2D eigenvalue weighted by atomic mass is 16.4. The third kappa shape index (κ3) is 2.28. The van der Waals surface area contributed by atoms with E-state index in [0.717, 1.165) is 0 Å². The van der Waals surface area contributed by atoms with E-state index in [1.165, 1.54) is 12.3 Å². The van der Waals surface area contributed by atoms with E-state index in [-0.39, 0.29) is 5.56 Å². The lowest BCUT2D eigenvalue weighted by atomic mass is 10.1. The SMILES string of the molecule is N#Cc1cccnc1Nc1ccccc1C(=O)O. The van der Waals surface area contributed by atoms with Gasteiger partial charge in [0.1, 0.15) is 11.9 Å². The Bertz CT molecular complexity index is 632. The molecular weight excluding hydrogens is 230 g/mol. The summed E-state index contributed by atoms with van der Waals surface area (Å²) in [6, 6.07) is 11.7. The van der Waals surface area contributed by atoms with E-state index in [4.69, 9.17) is 10.4 Å². The number of nitriles is 1. The molecule has 0 saturated heterocycles. The maximum Gasteiger partial charge on any atom is 0.337 e. The van der Waals surface area contributed by atoms with E-state index < -0.39 is 5.97 Å². The second-order valence-corrected chi connectivity index (χ2v) is 3.49. The molecule has 0 radical (unpaired) electrons. The first kappa shape index (κ1) is 11.6. The molecule has 2 rings (SSSR count). The molecule has 0 saturated carbocycles. The number of hydrogen-bond acceptors (Lipinski definition) is 4. The van der Waals surface area contributed by atoms with Crippen molar-refractivity contribution in [3.05, 3.63) is 53.7 Å². The van der Waals surface area contributed by atoms with Crippen LogP contribution in [0.4, 0.5) is 11.5 Å². The number of carboxylic acids is 1. The summed E-state index contributed by atoms with van der Waals surface area (Å²) in [6.45, 7) is 0. The molecule has 0 aliphatic carbocycles. The molecule has 88 valence electrons. The van der Waals surface area contributed by atoms with Crippen LogP contribution in [0, 0.1) is 11.3 Å².